The summed E-state index contributed by atoms with van der Waals surface area (Å²) in [4.78, 5) is 18.3. The molecule has 0 spiro atoms. The van der Waals surface area contributed by atoms with Crippen molar-refractivity contribution in [3.63, 3.8) is 0 Å². The number of rotatable bonds is 6. The SMILES string of the molecule is CCC(=O)N1CC[C@H](N[C@@H](C)c2nc(CC)no2)[C@H](CC)C1. The predicted octanol–water partition coefficient (Wildman–Crippen LogP) is 2.32. The average Bonchev–Trinajstić information content (AvgIpc) is 3.03. The molecule has 0 aliphatic carbocycles. The Hall–Kier alpha value is -1.43. The average molecular weight is 308 g/mol. The number of amides is 1. The molecule has 1 aliphatic heterocycles. The highest BCUT2D eigenvalue weighted by Gasteiger charge is 2.31. The largest absolute Gasteiger partial charge is 0.342 e. The van der Waals surface area contributed by atoms with Gasteiger partial charge in [0, 0.05) is 32.0 Å². The van der Waals surface area contributed by atoms with Gasteiger partial charge in [0.1, 0.15) is 0 Å². The van der Waals surface area contributed by atoms with Gasteiger partial charge in [-0.1, -0.05) is 32.3 Å². The molecule has 2 heterocycles. The van der Waals surface area contributed by atoms with E-state index in [1.165, 1.54) is 0 Å². The number of hydrogen-bond donors (Lipinski definition) is 1. The van der Waals surface area contributed by atoms with Crippen LogP contribution in [0.4, 0.5) is 0 Å². The quantitative estimate of drug-likeness (QED) is 0.873. The Morgan fingerprint density at radius 2 is 2.23 bits per heavy atom. The van der Waals surface area contributed by atoms with Gasteiger partial charge in [-0.3, -0.25) is 4.79 Å². The number of likely N-dealkylation sites (tertiary alicyclic amines) is 1. The highest BCUT2D eigenvalue weighted by Crippen LogP contribution is 2.23. The minimum atomic E-state index is 0.0419. The van der Waals surface area contributed by atoms with Crippen molar-refractivity contribution in [1.82, 2.24) is 20.4 Å². The van der Waals surface area contributed by atoms with Gasteiger partial charge in [-0.25, -0.2) is 0 Å². The molecule has 0 saturated carbocycles. The van der Waals surface area contributed by atoms with Crippen LogP contribution >= 0.6 is 0 Å². The predicted molar refractivity (Wildman–Crippen MR) is 84.3 cm³/mol. The third-order valence-corrected chi connectivity index (χ3v) is 4.55. The van der Waals surface area contributed by atoms with Crippen LogP contribution in [-0.4, -0.2) is 40.1 Å². The Labute approximate surface area is 132 Å². The smallest absolute Gasteiger partial charge is 0.243 e. The molecule has 6 heteroatoms. The van der Waals surface area contributed by atoms with Crippen molar-refractivity contribution in [2.75, 3.05) is 13.1 Å². The maximum atomic E-state index is 11.9. The van der Waals surface area contributed by atoms with Gasteiger partial charge >= 0.3 is 0 Å². The van der Waals surface area contributed by atoms with Crippen LogP contribution in [0.15, 0.2) is 4.52 Å². The van der Waals surface area contributed by atoms with Crippen molar-refractivity contribution in [3.8, 4) is 0 Å². The molecule has 1 aromatic heterocycles. The molecule has 0 radical (unpaired) electrons. The summed E-state index contributed by atoms with van der Waals surface area (Å²) in [6.07, 6.45) is 3.41. The van der Waals surface area contributed by atoms with E-state index in [4.69, 9.17) is 4.52 Å². The fourth-order valence-electron chi connectivity index (χ4n) is 3.09. The van der Waals surface area contributed by atoms with E-state index in [1.54, 1.807) is 0 Å². The lowest BCUT2D eigenvalue weighted by molar-refractivity contribution is -0.133. The normalized spacial score (nSPS) is 23.5. The zero-order valence-electron chi connectivity index (χ0n) is 14.1. The van der Waals surface area contributed by atoms with Crippen LogP contribution in [-0.2, 0) is 11.2 Å². The van der Waals surface area contributed by atoms with Gasteiger partial charge in [0.2, 0.25) is 11.8 Å². The summed E-state index contributed by atoms with van der Waals surface area (Å²) in [5.74, 6) is 2.13. The summed E-state index contributed by atoms with van der Waals surface area (Å²) < 4.78 is 5.32. The van der Waals surface area contributed by atoms with E-state index in [-0.39, 0.29) is 11.9 Å². The van der Waals surface area contributed by atoms with E-state index in [1.807, 2.05) is 18.7 Å². The summed E-state index contributed by atoms with van der Waals surface area (Å²) in [7, 11) is 0. The summed E-state index contributed by atoms with van der Waals surface area (Å²) in [5, 5.41) is 7.57. The van der Waals surface area contributed by atoms with E-state index in [9.17, 15) is 4.79 Å². The number of hydrogen-bond acceptors (Lipinski definition) is 5. The Bertz CT molecular complexity index is 488. The lowest BCUT2D eigenvalue weighted by atomic mass is 9.89. The number of aryl methyl sites for hydroxylation is 1. The van der Waals surface area contributed by atoms with Crippen molar-refractivity contribution in [2.45, 2.75) is 65.5 Å². The molecule has 1 amide bonds. The molecular formula is C16H28N4O2. The molecule has 22 heavy (non-hydrogen) atoms. The first kappa shape index (κ1) is 16.9. The van der Waals surface area contributed by atoms with Crippen molar-refractivity contribution in [3.05, 3.63) is 11.7 Å². The Morgan fingerprint density at radius 3 is 2.82 bits per heavy atom. The number of carbonyl (C=O) groups is 1. The van der Waals surface area contributed by atoms with E-state index >= 15 is 0 Å². The second kappa shape index (κ2) is 7.72. The second-order valence-corrected chi connectivity index (χ2v) is 6.05. The van der Waals surface area contributed by atoms with Gasteiger partial charge in [0.15, 0.2) is 5.82 Å². The molecule has 0 aromatic carbocycles. The van der Waals surface area contributed by atoms with Crippen molar-refractivity contribution in [1.29, 1.82) is 0 Å². The molecule has 1 aromatic rings. The van der Waals surface area contributed by atoms with Gasteiger partial charge < -0.3 is 14.7 Å². The maximum Gasteiger partial charge on any atom is 0.243 e. The Morgan fingerprint density at radius 1 is 1.45 bits per heavy atom. The van der Waals surface area contributed by atoms with Crippen LogP contribution in [0.5, 0.6) is 0 Å². The maximum absolute atomic E-state index is 11.9. The fraction of sp³-hybridized carbons (Fsp3) is 0.812. The monoisotopic (exact) mass is 308 g/mol. The zero-order chi connectivity index (χ0) is 16.1. The van der Waals surface area contributed by atoms with Crippen LogP contribution in [0.25, 0.3) is 0 Å². The molecular weight excluding hydrogens is 280 g/mol. The van der Waals surface area contributed by atoms with Gasteiger partial charge in [0.05, 0.1) is 6.04 Å². The van der Waals surface area contributed by atoms with E-state index in [0.29, 0.717) is 24.3 Å². The summed E-state index contributed by atoms with van der Waals surface area (Å²) >= 11 is 0. The zero-order valence-corrected chi connectivity index (χ0v) is 14.1. The van der Waals surface area contributed by atoms with E-state index in [2.05, 4.69) is 29.3 Å². The molecule has 0 bridgehead atoms. The van der Waals surface area contributed by atoms with Crippen LogP contribution in [0, 0.1) is 5.92 Å². The van der Waals surface area contributed by atoms with Crippen molar-refractivity contribution < 1.29 is 9.32 Å². The third-order valence-electron chi connectivity index (χ3n) is 4.55. The number of nitrogens with one attached hydrogen (secondary N) is 1. The van der Waals surface area contributed by atoms with Gasteiger partial charge in [0.25, 0.3) is 0 Å². The number of aromatic nitrogens is 2. The van der Waals surface area contributed by atoms with Crippen LogP contribution in [0.1, 0.15) is 64.7 Å². The number of nitrogens with zero attached hydrogens (tertiary/aromatic N) is 3. The molecule has 1 fully saturated rings. The molecule has 3 atom stereocenters. The molecule has 1 aliphatic rings. The van der Waals surface area contributed by atoms with E-state index < -0.39 is 0 Å². The summed E-state index contributed by atoms with van der Waals surface area (Å²) in [6.45, 7) is 9.86. The molecule has 1 saturated heterocycles. The molecule has 124 valence electrons. The van der Waals surface area contributed by atoms with E-state index in [0.717, 1.165) is 38.2 Å². The first-order valence-electron chi connectivity index (χ1n) is 8.45. The van der Waals surface area contributed by atoms with Crippen molar-refractivity contribution in [2.24, 2.45) is 5.92 Å². The first-order valence-corrected chi connectivity index (χ1v) is 8.45. The highest BCUT2D eigenvalue weighted by molar-refractivity contribution is 5.75. The molecule has 0 unspecified atom stereocenters. The fourth-order valence-corrected chi connectivity index (χ4v) is 3.09. The molecule has 6 nitrogen and oxygen atoms in total. The van der Waals surface area contributed by atoms with Gasteiger partial charge in [-0.2, -0.15) is 4.98 Å². The number of carbonyl (C=O) groups excluding carboxylic acids is 1. The highest BCUT2D eigenvalue weighted by atomic mass is 16.5. The lowest BCUT2D eigenvalue weighted by Gasteiger charge is -2.39. The first-order chi connectivity index (χ1) is 10.6. The summed E-state index contributed by atoms with van der Waals surface area (Å²) in [5.41, 5.74) is 0. The van der Waals surface area contributed by atoms with Gasteiger partial charge in [-0.05, 0) is 19.3 Å². The van der Waals surface area contributed by atoms with Gasteiger partial charge in [-0.15, -0.1) is 0 Å². The lowest BCUT2D eigenvalue weighted by Crippen LogP contribution is -2.51. The van der Waals surface area contributed by atoms with Crippen LogP contribution < -0.4 is 5.32 Å². The minimum Gasteiger partial charge on any atom is -0.342 e. The molecule has 2 rings (SSSR count). The Balaban J connectivity index is 1.95. The Kier molecular flexibility index (Phi) is 5.94. The van der Waals surface area contributed by atoms with Crippen molar-refractivity contribution >= 4 is 5.91 Å². The molecule has 1 N–H and O–H groups in total. The number of piperidine rings is 1. The van der Waals surface area contributed by atoms with Crippen LogP contribution in [0.2, 0.25) is 0 Å². The second-order valence-electron chi connectivity index (χ2n) is 6.05. The third kappa shape index (κ3) is 3.85. The topological polar surface area (TPSA) is 71.3 Å². The minimum absolute atomic E-state index is 0.0419. The van der Waals surface area contributed by atoms with Crippen LogP contribution in [0.3, 0.4) is 0 Å². The standard InChI is InChI=1S/C16H28N4O2/c1-5-12-10-20(15(21)7-3)9-8-13(12)17-11(4)16-18-14(6-2)19-22-16/h11-13,17H,5-10H2,1-4H3/t11-,12+,13-/m0/s1. The summed E-state index contributed by atoms with van der Waals surface area (Å²) in [6, 6.07) is 0.429.